The minimum Gasteiger partial charge on any atom is -0.466 e. The summed E-state index contributed by atoms with van der Waals surface area (Å²) >= 11 is 0. The summed E-state index contributed by atoms with van der Waals surface area (Å²) in [5.74, 6) is 0.795. The molecule has 0 amide bonds. The van der Waals surface area contributed by atoms with E-state index >= 15 is 0 Å². The first-order valence-corrected chi connectivity index (χ1v) is 20.4. The van der Waals surface area contributed by atoms with Gasteiger partial charge in [-0.05, 0) is 18.8 Å². The predicted molar refractivity (Wildman–Crippen MR) is 193 cm³/mol. The highest BCUT2D eigenvalue weighted by Crippen LogP contribution is 2.23. The number of ether oxygens (including phenoxy) is 1. The maximum atomic E-state index is 12.3. The van der Waals surface area contributed by atoms with E-state index in [9.17, 15) is 4.79 Å². The van der Waals surface area contributed by atoms with Gasteiger partial charge in [0.2, 0.25) is 0 Å². The Morgan fingerprint density at radius 2 is 0.651 bits per heavy atom. The van der Waals surface area contributed by atoms with E-state index in [0.29, 0.717) is 13.0 Å². The number of hydrogen-bond acceptors (Lipinski definition) is 2. The van der Waals surface area contributed by atoms with Crippen molar-refractivity contribution in [3.8, 4) is 0 Å². The van der Waals surface area contributed by atoms with Gasteiger partial charge in [0.05, 0.1) is 6.61 Å². The van der Waals surface area contributed by atoms with Crippen molar-refractivity contribution in [3.63, 3.8) is 0 Å². The maximum Gasteiger partial charge on any atom is 0.305 e. The Morgan fingerprint density at radius 3 is 0.977 bits per heavy atom. The van der Waals surface area contributed by atoms with Crippen LogP contribution in [-0.2, 0) is 9.53 Å². The van der Waals surface area contributed by atoms with Crippen molar-refractivity contribution < 1.29 is 9.53 Å². The molecule has 0 bridgehead atoms. The third kappa shape index (κ3) is 35.8. The largest absolute Gasteiger partial charge is 0.466 e. The normalized spacial score (nSPS) is 12.2. The second-order valence-corrected chi connectivity index (χ2v) is 14.1. The molecule has 0 N–H and O–H groups in total. The van der Waals surface area contributed by atoms with Gasteiger partial charge < -0.3 is 4.74 Å². The van der Waals surface area contributed by atoms with E-state index in [2.05, 4.69) is 20.8 Å². The lowest BCUT2D eigenvalue weighted by atomic mass is 9.91. The Hall–Kier alpha value is -0.530. The lowest BCUT2D eigenvalue weighted by molar-refractivity contribution is -0.144. The average Bonchev–Trinajstić information content (AvgIpc) is 3.01. The molecular weight excluding hydrogens is 524 g/mol. The Labute approximate surface area is 273 Å². The predicted octanol–water partition coefficient (Wildman–Crippen LogP) is 14.9. The molecule has 0 heterocycles. The van der Waals surface area contributed by atoms with Crippen LogP contribution in [-0.4, -0.2) is 12.6 Å². The minimum atomic E-state index is 0.0472. The Kier molecular flexibility index (Phi) is 37.2. The monoisotopic (exact) mass is 607 g/mol. The maximum absolute atomic E-state index is 12.3. The topological polar surface area (TPSA) is 26.3 Å². The van der Waals surface area contributed by atoms with Crippen LogP contribution >= 0.6 is 0 Å². The lowest BCUT2D eigenvalue weighted by Crippen LogP contribution is -2.10. The van der Waals surface area contributed by atoms with Gasteiger partial charge in [-0.15, -0.1) is 0 Å². The number of unbranched alkanes of at least 4 members (excludes halogenated alkanes) is 28. The first-order chi connectivity index (χ1) is 21.2. The van der Waals surface area contributed by atoms with Crippen LogP contribution in [0, 0.1) is 5.92 Å². The van der Waals surface area contributed by atoms with E-state index in [0.717, 1.165) is 18.8 Å². The Bertz CT molecular complexity index is 516. The van der Waals surface area contributed by atoms with Gasteiger partial charge in [-0.1, -0.05) is 226 Å². The molecule has 0 aliphatic rings. The highest BCUT2D eigenvalue weighted by Gasteiger charge is 2.11. The summed E-state index contributed by atoms with van der Waals surface area (Å²) in [6, 6.07) is 0. The molecule has 0 fully saturated rings. The van der Waals surface area contributed by atoms with Gasteiger partial charge in [-0.25, -0.2) is 0 Å². The SMILES string of the molecule is CCCCCCCCCCCCCCC(CCCCCCCCCCCC)CCOC(=O)CCCCCCCCCCC. The van der Waals surface area contributed by atoms with Crippen LogP contribution in [0.5, 0.6) is 0 Å². The fourth-order valence-corrected chi connectivity index (χ4v) is 6.62. The molecule has 0 aromatic carbocycles. The summed E-state index contributed by atoms with van der Waals surface area (Å²) in [6.45, 7) is 7.53. The average molecular weight is 607 g/mol. The van der Waals surface area contributed by atoms with Gasteiger partial charge in [-0.2, -0.15) is 0 Å². The molecule has 258 valence electrons. The van der Waals surface area contributed by atoms with Crippen molar-refractivity contribution in [3.05, 3.63) is 0 Å². The van der Waals surface area contributed by atoms with Gasteiger partial charge in [0, 0.05) is 6.42 Å². The summed E-state index contributed by atoms with van der Waals surface area (Å²) in [6.07, 6.45) is 47.1. The van der Waals surface area contributed by atoms with Crippen molar-refractivity contribution in [2.75, 3.05) is 6.61 Å². The van der Waals surface area contributed by atoms with Crippen molar-refractivity contribution >= 4 is 5.97 Å². The summed E-state index contributed by atoms with van der Waals surface area (Å²) in [4.78, 5) is 12.3. The molecule has 1 unspecified atom stereocenters. The van der Waals surface area contributed by atoms with Gasteiger partial charge in [-0.3, -0.25) is 4.79 Å². The van der Waals surface area contributed by atoms with Gasteiger partial charge >= 0.3 is 5.97 Å². The van der Waals surface area contributed by atoms with Crippen LogP contribution in [0.25, 0.3) is 0 Å². The lowest BCUT2D eigenvalue weighted by Gasteiger charge is -2.17. The number of carbonyl (C=O) groups is 1. The fraction of sp³-hybridized carbons (Fsp3) is 0.976. The minimum absolute atomic E-state index is 0.0472. The Morgan fingerprint density at radius 1 is 0.372 bits per heavy atom. The fourth-order valence-electron chi connectivity index (χ4n) is 6.62. The van der Waals surface area contributed by atoms with E-state index < -0.39 is 0 Å². The van der Waals surface area contributed by atoms with Crippen molar-refractivity contribution in [1.82, 2.24) is 0 Å². The molecule has 0 saturated carbocycles. The number of hydrogen-bond donors (Lipinski definition) is 0. The molecule has 0 aliphatic heterocycles. The van der Waals surface area contributed by atoms with Gasteiger partial charge in [0.1, 0.15) is 0 Å². The molecule has 0 rings (SSSR count). The van der Waals surface area contributed by atoms with Gasteiger partial charge in [0.25, 0.3) is 0 Å². The van der Waals surface area contributed by atoms with Crippen LogP contribution < -0.4 is 0 Å². The van der Waals surface area contributed by atoms with Crippen molar-refractivity contribution in [2.24, 2.45) is 5.92 Å². The second kappa shape index (κ2) is 37.7. The molecule has 43 heavy (non-hydrogen) atoms. The molecule has 0 radical (unpaired) electrons. The van der Waals surface area contributed by atoms with Crippen LogP contribution in [0.4, 0.5) is 0 Å². The Balaban J connectivity index is 4.02. The third-order valence-electron chi connectivity index (χ3n) is 9.71. The third-order valence-corrected chi connectivity index (χ3v) is 9.71. The van der Waals surface area contributed by atoms with Crippen LogP contribution in [0.3, 0.4) is 0 Å². The van der Waals surface area contributed by atoms with E-state index in [4.69, 9.17) is 4.74 Å². The zero-order chi connectivity index (χ0) is 31.3. The molecular formula is C41H82O2. The van der Waals surface area contributed by atoms with Crippen molar-refractivity contribution in [1.29, 1.82) is 0 Å². The van der Waals surface area contributed by atoms with E-state index in [1.165, 1.54) is 205 Å². The quantitative estimate of drug-likeness (QED) is 0.0519. The highest BCUT2D eigenvalue weighted by molar-refractivity contribution is 5.69. The molecule has 0 aliphatic carbocycles. The van der Waals surface area contributed by atoms with Crippen LogP contribution in [0.1, 0.15) is 245 Å². The molecule has 1 atom stereocenters. The second-order valence-electron chi connectivity index (χ2n) is 14.1. The van der Waals surface area contributed by atoms with Crippen LogP contribution in [0.2, 0.25) is 0 Å². The zero-order valence-corrected chi connectivity index (χ0v) is 30.3. The summed E-state index contributed by atoms with van der Waals surface area (Å²) < 4.78 is 5.72. The zero-order valence-electron chi connectivity index (χ0n) is 30.3. The molecule has 2 heteroatoms. The molecule has 2 nitrogen and oxygen atoms in total. The van der Waals surface area contributed by atoms with E-state index in [-0.39, 0.29) is 5.97 Å². The summed E-state index contributed by atoms with van der Waals surface area (Å²) in [5.41, 5.74) is 0. The summed E-state index contributed by atoms with van der Waals surface area (Å²) in [7, 11) is 0. The van der Waals surface area contributed by atoms with Gasteiger partial charge in [0.15, 0.2) is 0 Å². The molecule has 0 saturated heterocycles. The molecule has 0 aromatic rings. The van der Waals surface area contributed by atoms with E-state index in [1.54, 1.807) is 0 Å². The smallest absolute Gasteiger partial charge is 0.305 e. The number of rotatable bonds is 37. The molecule has 0 aromatic heterocycles. The summed E-state index contributed by atoms with van der Waals surface area (Å²) in [5, 5.41) is 0. The first kappa shape index (κ1) is 42.5. The number of carbonyl (C=O) groups excluding carboxylic acids is 1. The van der Waals surface area contributed by atoms with E-state index in [1.807, 2.05) is 0 Å². The molecule has 0 spiro atoms. The standard InChI is InChI=1S/C41H82O2/c1-4-7-10-13-16-19-21-22-25-27-30-33-36-40(35-32-29-26-24-20-17-14-11-8-5-2)38-39-43-41(42)37-34-31-28-23-18-15-12-9-6-3/h40H,4-39H2,1-3H3. The number of esters is 1. The first-order valence-electron chi connectivity index (χ1n) is 20.4. The van der Waals surface area contributed by atoms with Crippen LogP contribution in [0.15, 0.2) is 0 Å². The highest BCUT2D eigenvalue weighted by atomic mass is 16.5. The van der Waals surface area contributed by atoms with Crippen molar-refractivity contribution in [2.45, 2.75) is 245 Å².